The van der Waals surface area contributed by atoms with Crippen molar-refractivity contribution < 1.29 is 0 Å². The van der Waals surface area contributed by atoms with E-state index in [2.05, 4.69) is 525 Å². The first-order chi connectivity index (χ1) is 68.5. The van der Waals surface area contributed by atoms with Crippen LogP contribution in [0.1, 0.15) is 0 Å². The first-order valence-electron chi connectivity index (χ1n) is 47.1. The van der Waals surface area contributed by atoms with E-state index < -0.39 is 0 Å². The molecule has 0 saturated heterocycles. The molecule has 0 aliphatic heterocycles. The van der Waals surface area contributed by atoms with Crippen LogP contribution in [0.25, 0.3) is 243 Å². The number of benzene rings is 20. The van der Waals surface area contributed by atoms with E-state index in [1.807, 2.05) is 24.5 Å². The summed E-state index contributed by atoms with van der Waals surface area (Å²) in [6, 6.07) is 183. The van der Waals surface area contributed by atoms with Gasteiger partial charge in [-0.1, -0.05) is 315 Å². The van der Waals surface area contributed by atoms with E-state index in [9.17, 15) is 0 Å². The van der Waals surface area contributed by atoms with Crippen LogP contribution in [0.2, 0.25) is 0 Å². The molecule has 0 fully saturated rings. The average Bonchev–Trinajstić information content (AvgIpc) is 1.60. The maximum atomic E-state index is 4.90. The minimum atomic E-state index is 1.01. The van der Waals surface area contributed by atoms with Crippen LogP contribution in [0.4, 0.5) is 0 Å². The standard InChI is InChI=1S/C47H31N3.C42H28N2.C41H27N3/c1-3-11-32(12-4-1)34-20-24-38(25-21-34)49-43-18-8-7-17-40(43)41-30-36(22-26-44(41)49)37-23-27-45-42(31-37)47-46(19-10-28-48-47)50(45)39-16-9-15-35(29-39)33-13-5-2-6-14-33;1-3-11-29(12-4-1)30-19-23-34(24-20-30)44-40-18-10-8-16-36(40)38-28-32(22-26-42(38)44)31-21-25-41-37(27-31)35-15-7-9-17-39(35)43(41)33-13-5-2-6-14-33;1-3-11-28(12-4-1)29-13-9-16-33(25-29)44-39-23-21-31(27-36(39)41-40(44)19-10-24-42-41)30-20-22-38-35(26-30)34-17-7-8-18-37(34)43(38)32-14-5-2-6-15-32/h1-31H;1-28H;1-27H. The van der Waals surface area contributed by atoms with Gasteiger partial charge in [-0.25, -0.2) is 0 Å². The Kier molecular flexibility index (Phi) is 19.8. The summed E-state index contributed by atoms with van der Waals surface area (Å²) in [7, 11) is 0. The summed E-state index contributed by atoms with van der Waals surface area (Å²) in [5.74, 6) is 0. The fraction of sp³-hybridized carbons (Fsp3) is 0. The number of pyridine rings is 2. The summed E-state index contributed by atoms with van der Waals surface area (Å²) >= 11 is 0. The quantitative estimate of drug-likeness (QED) is 0.116. The van der Waals surface area contributed by atoms with E-state index in [1.165, 1.54) is 182 Å². The highest BCUT2D eigenvalue weighted by Crippen LogP contribution is 2.45. The second kappa shape index (κ2) is 34.0. The van der Waals surface area contributed by atoms with Gasteiger partial charge in [0.15, 0.2) is 0 Å². The summed E-state index contributed by atoms with van der Waals surface area (Å²) in [4.78, 5) is 9.77. The zero-order valence-corrected chi connectivity index (χ0v) is 75.2. The molecule has 0 atom stereocenters. The van der Waals surface area contributed by atoms with Crippen LogP contribution < -0.4 is 0 Å². The molecule has 20 aromatic carbocycles. The molecular weight excluding hydrogens is 1670 g/mol. The van der Waals surface area contributed by atoms with Gasteiger partial charge in [-0.2, -0.15) is 0 Å². The Bertz CT molecular complexity index is 9540. The predicted octanol–water partition coefficient (Wildman–Crippen LogP) is 34.1. The third-order valence-electron chi connectivity index (χ3n) is 27.6. The second-order valence-electron chi connectivity index (χ2n) is 35.5. The molecule has 28 aromatic rings. The number of nitrogens with zero attached hydrogens (tertiary/aromatic N) is 8. The van der Waals surface area contributed by atoms with Crippen molar-refractivity contribution in [3.05, 3.63) is 522 Å². The molecule has 646 valence electrons. The third kappa shape index (κ3) is 14.0. The molecule has 0 aliphatic rings. The number of rotatable bonds is 13. The average molecular weight is 1760 g/mol. The Balaban J connectivity index is 0.000000107. The number of hydrogen-bond acceptors (Lipinski definition) is 2. The number of aromatic nitrogens is 8. The van der Waals surface area contributed by atoms with Crippen molar-refractivity contribution >= 4 is 131 Å². The molecule has 0 aliphatic carbocycles. The van der Waals surface area contributed by atoms with Gasteiger partial charge in [-0.15, -0.1) is 0 Å². The van der Waals surface area contributed by atoms with E-state index in [0.29, 0.717) is 0 Å². The highest BCUT2D eigenvalue weighted by molar-refractivity contribution is 6.17. The lowest BCUT2D eigenvalue weighted by molar-refractivity contribution is 1.18. The van der Waals surface area contributed by atoms with Crippen LogP contribution in [0.15, 0.2) is 522 Å². The van der Waals surface area contributed by atoms with Crippen LogP contribution in [-0.4, -0.2) is 37.4 Å². The van der Waals surface area contributed by atoms with Crippen LogP contribution >= 0.6 is 0 Å². The van der Waals surface area contributed by atoms with Gasteiger partial charge in [0.25, 0.3) is 0 Å². The van der Waals surface area contributed by atoms with Crippen molar-refractivity contribution in [2.24, 2.45) is 0 Å². The highest BCUT2D eigenvalue weighted by atomic mass is 15.0. The number of fused-ring (bicyclic) bond motifs is 18. The van der Waals surface area contributed by atoms with Crippen molar-refractivity contribution in [3.63, 3.8) is 0 Å². The van der Waals surface area contributed by atoms with Crippen molar-refractivity contribution in [2.75, 3.05) is 0 Å². The molecule has 138 heavy (non-hydrogen) atoms. The topological polar surface area (TPSA) is 55.4 Å². The first-order valence-corrected chi connectivity index (χ1v) is 47.1. The van der Waals surface area contributed by atoms with Gasteiger partial charge in [-0.3, -0.25) is 9.97 Å². The molecule has 8 nitrogen and oxygen atoms in total. The largest absolute Gasteiger partial charge is 0.309 e. The van der Waals surface area contributed by atoms with E-state index >= 15 is 0 Å². The van der Waals surface area contributed by atoms with Gasteiger partial charge < -0.3 is 27.4 Å². The minimum absolute atomic E-state index is 1.01. The number of hydrogen-bond donors (Lipinski definition) is 0. The smallest absolute Gasteiger partial charge is 0.0963 e. The maximum Gasteiger partial charge on any atom is 0.0963 e. The molecule has 0 unspecified atom stereocenters. The fourth-order valence-corrected chi connectivity index (χ4v) is 21.2. The fourth-order valence-electron chi connectivity index (χ4n) is 21.2. The zero-order chi connectivity index (χ0) is 91.1. The van der Waals surface area contributed by atoms with Crippen molar-refractivity contribution in [3.8, 4) is 112 Å². The lowest BCUT2D eigenvalue weighted by atomic mass is 10.0. The Morgan fingerprint density at radius 2 is 0.297 bits per heavy atom. The molecule has 8 heteroatoms. The Morgan fingerprint density at radius 3 is 0.594 bits per heavy atom. The summed E-state index contributed by atoms with van der Waals surface area (Å²) in [6.07, 6.45) is 3.79. The number of para-hydroxylation sites is 6. The van der Waals surface area contributed by atoms with Gasteiger partial charge in [0.2, 0.25) is 0 Å². The van der Waals surface area contributed by atoms with Gasteiger partial charge in [0, 0.05) is 100 Å². The van der Waals surface area contributed by atoms with Gasteiger partial charge in [-0.05, 0) is 272 Å². The van der Waals surface area contributed by atoms with Crippen LogP contribution in [-0.2, 0) is 0 Å². The molecule has 0 amide bonds. The van der Waals surface area contributed by atoms with Crippen molar-refractivity contribution in [1.29, 1.82) is 0 Å². The Hall–Kier alpha value is -18.5. The summed E-state index contributed by atoms with van der Waals surface area (Å²) in [5, 5.41) is 12.3. The zero-order valence-electron chi connectivity index (χ0n) is 75.2. The van der Waals surface area contributed by atoms with E-state index in [-0.39, 0.29) is 0 Å². The van der Waals surface area contributed by atoms with Crippen molar-refractivity contribution in [2.45, 2.75) is 0 Å². The Labute approximate surface area is 796 Å². The van der Waals surface area contributed by atoms with Gasteiger partial charge in [0.1, 0.15) is 0 Å². The molecule has 0 radical (unpaired) electrons. The monoisotopic (exact) mass is 1760 g/mol. The van der Waals surface area contributed by atoms with Crippen LogP contribution in [0.3, 0.4) is 0 Å². The van der Waals surface area contributed by atoms with Crippen LogP contribution in [0.5, 0.6) is 0 Å². The summed E-state index contributed by atoms with van der Waals surface area (Å²) in [6.45, 7) is 0. The second-order valence-corrected chi connectivity index (χ2v) is 35.5. The SMILES string of the molecule is c1ccc(-c2ccc(-n3c4ccccc4c4cc(-c5ccc6c(c5)c5ccccc5n6-c5ccccc5)ccc43)cc2)cc1.c1ccc(-c2ccc(-n3c4ccccc4c4cc(-c5ccc6c(c5)c5ncccc5n6-c5cccc(-c6ccccc6)c5)ccc43)cc2)cc1.c1ccc(-c2cccc(-n3c4ccc(-c5ccc6c(c5)c5ccccc5n6-c5ccccc5)cc4c4ncccc43)c2)cc1. The van der Waals surface area contributed by atoms with E-state index in [4.69, 9.17) is 9.97 Å². The van der Waals surface area contributed by atoms with Crippen molar-refractivity contribution in [1.82, 2.24) is 37.4 Å². The normalized spacial score (nSPS) is 11.6. The molecule has 28 rings (SSSR count). The lowest BCUT2D eigenvalue weighted by Gasteiger charge is -2.11. The van der Waals surface area contributed by atoms with Gasteiger partial charge in [0.05, 0.1) is 77.2 Å². The molecular formula is C130H86N8. The molecule has 8 aromatic heterocycles. The molecule has 8 heterocycles. The lowest BCUT2D eigenvalue weighted by Crippen LogP contribution is -1.94. The van der Waals surface area contributed by atoms with Crippen LogP contribution in [0, 0.1) is 0 Å². The van der Waals surface area contributed by atoms with E-state index in [0.717, 1.165) is 60.9 Å². The van der Waals surface area contributed by atoms with Gasteiger partial charge >= 0.3 is 0 Å². The molecule has 0 N–H and O–H groups in total. The molecule has 0 saturated carbocycles. The maximum absolute atomic E-state index is 4.90. The predicted molar refractivity (Wildman–Crippen MR) is 579 cm³/mol. The first kappa shape index (κ1) is 80.4. The summed E-state index contributed by atoms with van der Waals surface area (Å²) < 4.78 is 14.2. The highest BCUT2D eigenvalue weighted by Gasteiger charge is 2.23. The summed E-state index contributed by atoms with van der Waals surface area (Å²) in [5.41, 5.74) is 40.0. The molecule has 0 bridgehead atoms. The molecule has 0 spiro atoms. The Morgan fingerprint density at radius 1 is 0.109 bits per heavy atom. The third-order valence-corrected chi connectivity index (χ3v) is 27.6. The minimum Gasteiger partial charge on any atom is -0.309 e. The van der Waals surface area contributed by atoms with E-state index in [1.54, 1.807) is 0 Å².